The molecule has 0 fully saturated rings. The van der Waals surface area contributed by atoms with E-state index in [0.717, 1.165) is 28.2 Å². The second-order valence-corrected chi connectivity index (χ2v) is 7.28. The average molecular weight is 407 g/mol. The van der Waals surface area contributed by atoms with Gasteiger partial charge in [0.15, 0.2) is 0 Å². The van der Waals surface area contributed by atoms with Gasteiger partial charge in [-0.3, -0.25) is 0 Å². The number of aromatic nitrogens is 2. The lowest BCUT2D eigenvalue weighted by Gasteiger charge is -2.25. The highest BCUT2D eigenvalue weighted by molar-refractivity contribution is 9.10. The van der Waals surface area contributed by atoms with Gasteiger partial charge in [-0.15, -0.1) is 0 Å². The second kappa shape index (κ2) is 8.63. The highest BCUT2D eigenvalue weighted by Crippen LogP contribution is 2.33. The second-order valence-electron chi connectivity index (χ2n) is 6.42. The number of hydrogen-bond donors (Lipinski definition) is 1. The van der Waals surface area contributed by atoms with E-state index in [2.05, 4.69) is 64.8 Å². The summed E-state index contributed by atoms with van der Waals surface area (Å²) in [5.74, 6) is 1.96. The Hall–Kier alpha value is -1.66. The summed E-state index contributed by atoms with van der Waals surface area (Å²) in [4.78, 5) is 13.4. The smallest absolute Gasteiger partial charge is 0.232 e. The molecule has 1 N–H and O–H groups in total. The van der Waals surface area contributed by atoms with E-state index >= 15 is 0 Å². The summed E-state index contributed by atoms with van der Waals surface area (Å²) in [6, 6.07) is 8.37. The lowest BCUT2D eigenvalue weighted by Crippen LogP contribution is -2.25. The molecule has 0 aliphatic heterocycles. The lowest BCUT2D eigenvalue weighted by molar-refractivity contribution is 0.304. The fourth-order valence-electron chi connectivity index (χ4n) is 2.64. The molecule has 0 unspecified atom stereocenters. The van der Waals surface area contributed by atoms with E-state index in [0.29, 0.717) is 18.4 Å². The van der Waals surface area contributed by atoms with Gasteiger partial charge in [0.05, 0.1) is 12.3 Å². The molecule has 136 valence electrons. The number of aryl methyl sites for hydroxylation is 1. The highest BCUT2D eigenvalue weighted by Gasteiger charge is 2.17. The summed E-state index contributed by atoms with van der Waals surface area (Å²) in [6.45, 7) is 9.81. The van der Waals surface area contributed by atoms with E-state index in [-0.39, 0.29) is 6.61 Å². The summed E-state index contributed by atoms with van der Waals surface area (Å²) < 4.78 is 1.04. The molecule has 1 aromatic carbocycles. The molecule has 0 bridgehead atoms. The van der Waals surface area contributed by atoms with E-state index in [4.69, 9.17) is 4.98 Å². The Morgan fingerprint density at radius 3 is 2.48 bits per heavy atom. The summed E-state index contributed by atoms with van der Waals surface area (Å²) >= 11 is 3.70. The Balaban J connectivity index is 2.44. The molecule has 2 rings (SSSR count). The number of nitrogens with zero attached hydrogens (tertiary/aromatic N) is 4. The van der Waals surface area contributed by atoms with Crippen LogP contribution in [0.1, 0.15) is 37.9 Å². The molecular formula is C19H27BrN4O. The van der Waals surface area contributed by atoms with Gasteiger partial charge in [-0.25, -0.2) is 4.98 Å². The van der Waals surface area contributed by atoms with Crippen molar-refractivity contribution in [2.45, 2.75) is 33.6 Å². The molecule has 25 heavy (non-hydrogen) atoms. The van der Waals surface area contributed by atoms with Crippen LogP contribution < -0.4 is 9.80 Å². The first-order valence-corrected chi connectivity index (χ1v) is 9.41. The van der Waals surface area contributed by atoms with Crippen molar-refractivity contribution in [3.8, 4) is 0 Å². The van der Waals surface area contributed by atoms with E-state index in [1.165, 1.54) is 5.56 Å². The van der Waals surface area contributed by atoms with Crippen molar-refractivity contribution in [1.82, 2.24) is 9.97 Å². The molecule has 0 radical (unpaired) electrons. The van der Waals surface area contributed by atoms with Gasteiger partial charge in [0.1, 0.15) is 5.82 Å². The van der Waals surface area contributed by atoms with Gasteiger partial charge in [-0.2, -0.15) is 4.98 Å². The first-order valence-electron chi connectivity index (χ1n) is 8.62. The number of aliphatic hydroxyl groups is 1. The Morgan fingerprint density at radius 2 is 1.92 bits per heavy atom. The number of aliphatic hydroxyl groups excluding tert-OH is 1. The van der Waals surface area contributed by atoms with Gasteiger partial charge in [0.25, 0.3) is 0 Å². The summed E-state index contributed by atoms with van der Waals surface area (Å²) in [5.41, 5.74) is 3.24. The van der Waals surface area contributed by atoms with Crippen molar-refractivity contribution in [2.24, 2.45) is 0 Å². The molecular weight excluding hydrogens is 380 g/mol. The zero-order valence-electron chi connectivity index (χ0n) is 15.6. The number of rotatable bonds is 7. The zero-order chi connectivity index (χ0) is 18.6. The fraction of sp³-hybridized carbons (Fsp3) is 0.474. The van der Waals surface area contributed by atoms with Crippen LogP contribution in [0, 0.1) is 6.92 Å². The quantitative estimate of drug-likeness (QED) is 0.744. The minimum Gasteiger partial charge on any atom is -0.395 e. The van der Waals surface area contributed by atoms with Crippen LogP contribution in [0.25, 0.3) is 0 Å². The minimum atomic E-state index is 0.0919. The maximum absolute atomic E-state index is 9.18. The predicted octanol–water partition coefficient (Wildman–Crippen LogP) is 4.26. The SMILES string of the molecule is CCN(c1nc(C)cc(N(C)CCO)n1)c1ccc(C(C)C)cc1Br. The monoisotopic (exact) mass is 406 g/mol. The van der Waals surface area contributed by atoms with Crippen LogP contribution in [0.4, 0.5) is 17.5 Å². The zero-order valence-corrected chi connectivity index (χ0v) is 17.2. The summed E-state index contributed by atoms with van der Waals surface area (Å²) in [7, 11) is 1.92. The van der Waals surface area contributed by atoms with Crippen LogP contribution in [-0.4, -0.2) is 41.8 Å². The van der Waals surface area contributed by atoms with E-state index < -0.39 is 0 Å². The number of benzene rings is 1. The first-order chi connectivity index (χ1) is 11.9. The molecule has 2 aromatic rings. The first kappa shape index (κ1) is 19.7. The van der Waals surface area contributed by atoms with Crippen molar-refractivity contribution < 1.29 is 5.11 Å². The van der Waals surface area contributed by atoms with Crippen LogP contribution in [0.3, 0.4) is 0 Å². The van der Waals surface area contributed by atoms with Crippen molar-refractivity contribution in [3.05, 3.63) is 40.0 Å². The normalized spacial score (nSPS) is 11.0. The molecule has 1 heterocycles. The van der Waals surface area contributed by atoms with Gasteiger partial charge in [-0.1, -0.05) is 19.9 Å². The summed E-state index contributed by atoms with van der Waals surface area (Å²) in [5, 5.41) is 9.18. The molecule has 0 atom stereocenters. The molecule has 0 spiro atoms. The summed E-state index contributed by atoms with van der Waals surface area (Å²) in [6.07, 6.45) is 0. The van der Waals surface area contributed by atoms with Crippen LogP contribution in [0.5, 0.6) is 0 Å². The highest BCUT2D eigenvalue weighted by atomic mass is 79.9. The Morgan fingerprint density at radius 1 is 1.20 bits per heavy atom. The topological polar surface area (TPSA) is 52.5 Å². The Kier molecular flexibility index (Phi) is 6.79. The van der Waals surface area contributed by atoms with Crippen LogP contribution in [0.15, 0.2) is 28.7 Å². The molecule has 6 heteroatoms. The van der Waals surface area contributed by atoms with Crippen LogP contribution in [0.2, 0.25) is 0 Å². The molecule has 0 amide bonds. The van der Waals surface area contributed by atoms with Gasteiger partial charge >= 0.3 is 0 Å². The Bertz CT molecular complexity index is 721. The van der Waals surface area contributed by atoms with Crippen LogP contribution >= 0.6 is 15.9 Å². The van der Waals surface area contributed by atoms with E-state index in [1.807, 2.05) is 24.9 Å². The lowest BCUT2D eigenvalue weighted by atomic mass is 10.0. The van der Waals surface area contributed by atoms with Gasteiger partial charge in [-0.05, 0) is 53.4 Å². The van der Waals surface area contributed by atoms with Gasteiger partial charge in [0.2, 0.25) is 5.95 Å². The molecule has 5 nitrogen and oxygen atoms in total. The van der Waals surface area contributed by atoms with E-state index in [9.17, 15) is 5.11 Å². The predicted molar refractivity (Wildman–Crippen MR) is 108 cm³/mol. The van der Waals surface area contributed by atoms with Gasteiger partial charge < -0.3 is 14.9 Å². The molecule has 0 saturated carbocycles. The standard InChI is InChI=1S/C19H27BrN4O/c1-6-24(17-8-7-15(13(2)3)12-16(17)20)19-21-14(4)11-18(22-19)23(5)9-10-25/h7-8,11-13,25H,6,9-10H2,1-5H3. The molecule has 0 saturated heterocycles. The van der Waals surface area contributed by atoms with Crippen molar-refractivity contribution in [2.75, 3.05) is 36.5 Å². The molecule has 0 aliphatic rings. The third-order valence-corrected chi connectivity index (χ3v) is 4.78. The third-order valence-electron chi connectivity index (χ3n) is 4.14. The fourth-order valence-corrected chi connectivity index (χ4v) is 3.25. The number of hydrogen-bond acceptors (Lipinski definition) is 5. The van der Waals surface area contributed by atoms with Crippen molar-refractivity contribution >= 4 is 33.4 Å². The Labute approximate surface area is 158 Å². The van der Waals surface area contributed by atoms with Crippen LogP contribution in [-0.2, 0) is 0 Å². The molecule has 0 aliphatic carbocycles. The van der Waals surface area contributed by atoms with Crippen molar-refractivity contribution in [3.63, 3.8) is 0 Å². The van der Waals surface area contributed by atoms with E-state index in [1.54, 1.807) is 0 Å². The third kappa shape index (κ3) is 4.70. The number of anilines is 3. The average Bonchev–Trinajstić information content (AvgIpc) is 2.56. The minimum absolute atomic E-state index is 0.0919. The maximum atomic E-state index is 9.18. The van der Waals surface area contributed by atoms with Crippen molar-refractivity contribution in [1.29, 1.82) is 0 Å². The maximum Gasteiger partial charge on any atom is 0.232 e. The number of halogens is 1. The largest absolute Gasteiger partial charge is 0.395 e. The number of likely N-dealkylation sites (N-methyl/N-ethyl adjacent to an activating group) is 1. The molecule has 1 aromatic heterocycles. The van der Waals surface area contributed by atoms with Gasteiger partial charge in [0, 0.05) is 36.4 Å².